The van der Waals surface area contributed by atoms with Gasteiger partial charge < -0.3 is 5.32 Å². The van der Waals surface area contributed by atoms with Crippen molar-refractivity contribution in [1.82, 2.24) is 20.2 Å². The van der Waals surface area contributed by atoms with Gasteiger partial charge in [-0.1, -0.05) is 12.1 Å². The van der Waals surface area contributed by atoms with E-state index < -0.39 is 0 Å². The van der Waals surface area contributed by atoms with Gasteiger partial charge in [-0.2, -0.15) is 0 Å². The van der Waals surface area contributed by atoms with Crippen LogP contribution >= 0.6 is 11.8 Å². The standard InChI is InChI=1S/C16H14FN5OS/c17-14-3-1-2-4-15(14)24-10-9-16(23)19-12-5-7-13(8-6-12)22-11-18-20-21-22/h1-8,11H,9-10H2,(H,19,23). The number of benzene rings is 2. The monoisotopic (exact) mass is 343 g/mol. The van der Waals surface area contributed by atoms with Crippen molar-refractivity contribution in [3.63, 3.8) is 0 Å². The minimum absolute atomic E-state index is 0.117. The van der Waals surface area contributed by atoms with Crippen LogP contribution in [-0.4, -0.2) is 31.9 Å². The van der Waals surface area contributed by atoms with E-state index in [0.717, 1.165) is 5.69 Å². The third kappa shape index (κ3) is 4.17. The van der Waals surface area contributed by atoms with E-state index in [1.165, 1.54) is 28.8 Å². The molecule has 6 nitrogen and oxygen atoms in total. The van der Waals surface area contributed by atoms with Crippen LogP contribution in [0.5, 0.6) is 0 Å². The zero-order valence-corrected chi connectivity index (χ0v) is 13.4. The number of carbonyl (C=O) groups excluding carboxylic acids is 1. The fourth-order valence-corrected chi connectivity index (χ4v) is 2.90. The molecule has 0 aliphatic rings. The zero-order valence-electron chi connectivity index (χ0n) is 12.6. The molecule has 0 spiro atoms. The second-order valence-electron chi connectivity index (χ2n) is 4.88. The van der Waals surface area contributed by atoms with Crippen molar-refractivity contribution < 1.29 is 9.18 Å². The zero-order chi connectivity index (χ0) is 16.8. The summed E-state index contributed by atoms with van der Waals surface area (Å²) in [5.74, 6) is 0.130. The first kappa shape index (κ1) is 16.1. The summed E-state index contributed by atoms with van der Waals surface area (Å²) < 4.78 is 15.0. The number of carbonyl (C=O) groups is 1. The van der Waals surface area contributed by atoms with Crippen LogP contribution in [0.4, 0.5) is 10.1 Å². The summed E-state index contributed by atoms with van der Waals surface area (Å²) >= 11 is 1.33. The highest BCUT2D eigenvalue weighted by molar-refractivity contribution is 7.99. The van der Waals surface area contributed by atoms with Crippen LogP contribution in [0.1, 0.15) is 6.42 Å². The van der Waals surface area contributed by atoms with Gasteiger partial charge in [0.1, 0.15) is 12.1 Å². The Morgan fingerprint density at radius 2 is 1.96 bits per heavy atom. The molecule has 0 unspecified atom stereocenters. The molecule has 0 fully saturated rings. The molecule has 1 heterocycles. The first-order chi connectivity index (χ1) is 11.7. The lowest BCUT2D eigenvalue weighted by Gasteiger charge is -2.06. The van der Waals surface area contributed by atoms with E-state index in [2.05, 4.69) is 20.8 Å². The van der Waals surface area contributed by atoms with E-state index >= 15 is 0 Å². The number of nitrogens with one attached hydrogen (secondary N) is 1. The van der Waals surface area contributed by atoms with Crippen LogP contribution in [-0.2, 0) is 4.79 Å². The van der Waals surface area contributed by atoms with Crippen LogP contribution in [0.2, 0.25) is 0 Å². The van der Waals surface area contributed by atoms with Crippen LogP contribution in [0, 0.1) is 5.82 Å². The Hall–Kier alpha value is -2.74. The van der Waals surface area contributed by atoms with Crippen LogP contribution in [0.3, 0.4) is 0 Å². The fraction of sp³-hybridized carbons (Fsp3) is 0.125. The first-order valence-electron chi connectivity index (χ1n) is 7.23. The number of halogens is 1. The second kappa shape index (κ2) is 7.69. The van der Waals surface area contributed by atoms with Crippen LogP contribution in [0.15, 0.2) is 59.8 Å². The van der Waals surface area contributed by atoms with Gasteiger partial charge in [0, 0.05) is 22.8 Å². The van der Waals surface area contributed by atoms with Crippen molar-refractivity contribution in [3.05, 3.63) is 60.7 Å². The molecule has 0 aliphatic carbocycles. The number of rotatable bonds is 6. The van der Waals surface area contributed by atoms with E-state index in [4.69, 9.17) is 0 Å². The second-order valence-corrected chi connectivity index (χ2v) is 6.02. The maximum Gasteiger partial charge on any atom is 0.225 e. The highest BCUT2D eigenvalue weighted by Gasteiger charge is 2.06. The summed E-state index contributed by atoms with van der Waals surface area (Å²) in [7, 11) is 0. The van der Waals surface area contributed by atoms with E-state index in [9.17, 15) is 9.18 Å². The minimum Gasteiger partial charge on any atom is -0.326 e. The van der Waals surface area contributed by atoms with Gasteiger partial charge in [-0.15, -0.1) is 16.9 Å². The van der Waals surface area contributed by atoms with Gasteiger partial charge in [0.25, 0.3) is 0 Å². The van der Waals surface area contributed by atoms with Crippen LogP contribution < -0.4 is 5.32 Å². The average molecular weight is 343 g/mol. The number of nitrogens with zero attached hydrogens (tertiary/aromatic N) is 4. The summed E-state index contributed by atoms with van der Waals surface area (Å²) in [6.07, 6.45) is 1.79. The highest BCUT2D eigenvalue weighted by Crippen LogP contribution is 2.22. The SMILES string of the molecule is O=C(CCSc1ccccc1F)Nc1ccc(-n2cnnn2)cc1. The van der Waals surface area contributed by atoms with Gasteiger partial charge in [-0.05, 0) is 46.8 Å². The summed E-state index contributed by atoms with van der Waals surface area (Å²) in [5, 5.41) is 13.7. The molecule has 0 bridgehead atoms. The Kier molecular flexibility index (Phi) is 5.17. The molecule has 1 aromatic heterocycles. The van der Waals surface area contributed by atoms with Gasteiger partial charge in [-0.3, -0.25) is 4.79 Å². The number of hydrogen-bond donors (Lipinski definition) is 1. The molecule has 0 saturated heterocycles. The molecule has 0 atom stereocenters. The van der Waals surface area contributed by atoms with Crippen molar-refractivity contribution in [1.29, 1.82) is 0 Å². The third-order valence-electron chi connectivity index (χ3n) is 3.19. The van der Waals surface area contributed by atoms with Crippen LogP contribution in [0.25, 0.3) is 5.69 Å². The largest absolute Gasteiger partial charge is 0.326 e. The predicted molar refractivity (Wildman–Crippen MR) is 89.5 cm³/mol. The molecule has 8 heteroatoms. The molecule has 3 rings (SSSR count). The first-order valence-corrected chi connectivity index (χ1v) is 8.21. The minimum atomic E-state index is -0.263. The smallest absolute Gasteiger partial charge is 0.225 e. The van der Waals surface area contributed by atoms with Gasteiger partial charge in [0.2, 0.25) is 5.91 Å². The van der Waals surface area contributed by atoms with Crippen molar-refractivity contribution in [2.24, 2.45) is 0 Å². The number of tetrazole rings is 1. The molecule has 0 radical (unpaired) electrons. The Bertz CT molecular complexity index is 808. The maximum atomic E-state index is 13.5. The normalized spacial score (nSPS) is 10.5. The third-order valence-corrected chi connectivity index (χ3v) is 4.24. The molecule has 24 heavy (non-hydrogen) atoms. The van der Waals surface area contributed by atoms with Crippen molar-refractivity contribution >= 4 is 23.4 Å². The number of hydrogen-bond acceptors (Lipinski definition) is 5. The van der Waals surface area contributed by atoms with Gasteiger partial charge in [0.05, 0.1) is 5.69 Å². The molecule has 2 aromatic carbocycles. The van der Waals surface area contributed by atoms with Gasteiger partial charge in [0.15, 0.2) is 0 Å². The lowest BCUT2D eigenvalue weighted by Crippen LogP contribution is -2.12. The van der Waals surface area contributed by atoms with E-state index in [1.807, 2.05) is 0 Å². The lowest BCUT2D eigenvalue weighted by atomic mass is 10.2. The van der Waals surface area contributed by atoms with E-state index in [-0.39, 0.29) is 11.7 Å². The number of thioether (sulfide) groups is 1. The number of amides is 1. The van der Waals surface area contributed by atoms with Crippen molar-refractivity contribution in [2.45, 2.75) is 11.3 Å². The highest BCUT2D eigenvalue weighted by atomic mass is 32.2. The van der Waals surface area contributed by atoms with Crippen molar-refractivity contribution in [2.75, 3.05) is 11.1 Å². The molecular weight excluding hydrogens is 329 g/mol. The summed E-state index contributed by atoms with van der Waals surface area (Å²) in [6, 6.07) is 13.7. The van der Waals surface area contributed by atoms with Gasteiger partial charge in [-0.25, -0.2) is 9.07 Å². The fourth-order valence-electron chi connectivity index (χ4n) is 2.02. The Labute approximate surface area is 142 Å². The molecule has 1 amide bonds. The average Bonchev–Trinajstić information content (AvgIpc) is 3.12. The quantitative estimate of drug-likeness (QED) is 0.697. The summed E-state index contributed by atoms with van der Waals surface area (Å²) in [6.45, 7) is 0. The topological polar surface area (TPSA) is 72.7 Å². The lowest BCUT2D eigenvalue weighted by molar-refractivity contribution is -0.115. The Morgan fingerprint density at radius 1 is 1.17 bits per heavy atom. The Balaban J connectivity index is 1.49. The summed E-state index contributed by atoms with van der Waals surface area (Å²) in [4.78, 5) is 12.5. The summed E-state index contributed by atoms with van der Waals surface area (Å²) in [5.41, 5.74) is 1.49. The molecule has 122 valence electrons. The maximum absolute atomic E-state index is 13.5. The molecule has 0 saturated carbocycles. The van der Waals surface area contributed by atoms with Crippen molar-refractivity contribution in [3.8, 4) is 5.69 Å². The van der Waals surface area contributed by atoms with Gasteiger partial charge >= 0.3 is 0 Å². The van der Waals surface area contributed by atoms with E-state index in [1.54, 1.807) is 42.5 Å². The molecule has 1 N–H and O–H groups in total. The molecule has 0 aliphatic heterocycles. The van der Waals surface area contributed by atoms with E-state index in [0.29, 0.717) is 22.8 Å². The number of aromatic nitrogens is 4. The predicted octanol–water partition coefficient (Wildman–Crippen LogP) is 2.92. The Morgan fingerprint density at radius 3 is 2.67 bits per heavy atom. The molecular formula is C16H14FN5OS. The molecule has 3 aromatic rings. The number of anilines is 1.